The lowest BCUT2D eigenvalue weighted by Crippen LogP contribution is -2.41. The van der Waals surface area contributed by atoms with E-state index in [0.29, 0.717) is 29.2 Å². The summed E-state index contributed by atoms with van der Waals surface area (Å²) in [4.78, 5) is 9.07. The molecule has 0 saturated carbocycles. The highest BCUT2D eigenvalue weighted by atomic mass is 32.2. The number of nitrogens with zero attached hydrogens (tertiary/aromatic N) is 2. The van der Waals surface area contributed by atoms with Crippen molar-refractivity contribution in [2.75, 3.05) is 19.6 Å². The van der Waals surface area contributed by atoms with Gasteiger partial charge < -0.3 is 10.6 Å². The molecule has 2 aromatic rings. The molecule has 0 aromatic carbocycles. The van der Waals surface area contributed by atoms with Crippen molar-refractivity contribution in [1.82, 2.24) is 20.3 Å². The Labute approximate surface area is 163 Å². The van der Waals surface area contributed by atoms with Crippen molar-refractivity contribution >= 4 is 38.7 Å². The van der Waals surface area contributed by atoms with Gasteiger partial charge >= 0.3 is 0 Å². The third kappa shape index (κ3) is 6.35. The van der Waals surface area contributed by atoms with E-state index in [1.54, 1.807) is 28.8 Å². The van der Waals surface area contributed by atoms with Gasteiger partial charge in [-0.25, -0.2) is 23.1 Å². The van der Waals surface area contributed by atoms with Crippen LogP contribution in [0.4, 0.5) is 0 Å². The molecule has 0 fully saturated rings. The van der Waals surface area contributed by atoms with Crippen LogP contribution in [-0.4, -0.2) is 39.0 Å². The topological polar surface area (TPSA) is 95.5 Å². The number of hydrogen-bond acceptors (Lipinski definition) is 6. The van der Waals surface area contributed by atoms with Gasteiger partial charge in [-0.1, -0.05) is 19.9 Å². The average molecular weight is 416 g/mol. The standard InChI is InChI=1S/C16H25N5O2S3/c1-4-17-16(19-10-14-21-13(11-25-14)12(2)3)18-7-8-20-26(22,23)15-6-5-9-24-15/h5-6,9,11-12,20H,4,7-8,10H2,1-3H3,(H2,17,18,19). The Bertz CT molecular complexity index is 798. The number of aliphatic imine (C=N–C) groups is 1. The minimum absolute atomic E-state index is 0.277. The minimum atomic E-state index is -3.43. The lowest BCUT2D eigenvalue weighted by molar-refractivity contribution is 0.582. The van der Waals surface area contributed by atoms with Crippen LogP contribution in [0.3, 0.4) is 0 Å². The molecular formula is C16H25N5O2S3. The second-order valence-corrected chi connectivity index (χ2v) is 9.66. The predicted molar refractivity (Wildman–Crippen MR) is 109 cm³/mol. The summed E-state index contributed by atoms with van der Waals surface area (Å²) in [5, 5.41) is 11.0. The van der Waals surface area contributed by atoms with Crippen LogP contribution in [0.15, 0.2) is 32.1 Å². The van der Waals surface area contributed by atoms with Crippen LogP contribution in [0, 0.1) is 0 Å². The number of nitrogens with one attached hydrogen (secondary N) is 3. The van der Waals surface area contributed by atoms with Gasteiger partial charge in [-0.2, -0.15) is 0 Å². The normalized spacial score (nSPS) is 12.5. The Balaban J connectivity index is 1.83. The van der Waals surface area contributed by atoms with E-state index < -0.39 is 10.0 Å². The van der Waals surface area contributed by atoms with Gasteiger partial charge in [0.25, 0.3) is 0 Å². The van der Waals surface area contributed by atoms with Gasteiger partial charge in [0.05, 0.1) is 12.2 Å². The molecule has 0 radical (unpaired) electrons. The summed E-state index contributed by atoms with van der Waals surface area (Å²) in [6.45, 7) is 8.15. The fourth-order valence-corrected chi connectivity index (χ4v) is 4.95. The van der Waals surface area contributed by atoms with Gasteiger partial charge in [0, 0.05) is 25.0 Å². The van der Waals surface area contributed by atoms with Crippen LogP contribution in [-0.2, 0) is 16.6 Å². The molecule has 7 nitrogen and oxygen atoms in total. The fraction of sp³-hybridized carbons (Fsp3) is 0.500. The summed E-state index contributed by atoms with van der Waals surface area (Å²) in [5.41, 5.74) is 1.08. The van der Waals surface area contributed by atoms with E-state index >= 15 is 0 Å². The van der Waals surface area contributed by atoms with E-state index in [9.17, 15) is 8.42 Å². The van der Waals surface area contributed by atoms with Crippen molar-refractivity contribution in [3.05, 3.63) is 33.6 Å². The van der Waals surface area contributed by atoms with E-state index in [0.717, 1.165) is 17.2 Å². The van der Waals surface area contributed by atoms with Crippen molar-refractivity contribution in [2.24, 2.45) is 4.99 Å². The minimum Gasteiger partial charge on any atom is -0.357 e. The highest BCUT2D eigenvalue weighted by molar-refractivity contribution is 7.91. The molecule has 0 aliphatic rings. The van der Waals surface area contributed by atoms with Crippen molar-refractivity contribution in [3.8, 4) is 0 Å². The fourth-order valence-electron chi connectivity index (χ4n) is 2.01. The van der Waals surface area contributed by atoms with Crippen LogP contribution in [0.5, 0.6) is 0 Å². The second-order valence-electron chi connectivity index (χ2n) is 5.77. The second kappa shape index (κ2) is 10.0. The molecule has 0 spiro atoms. The summed E-state index contributed by atoms with van der Waals surface area (Å²) in [6, 6.07) is 3.31. The first kappa shape index (κ1) is 20.8. The Morgan fingerprint density at radius 3 is 2.69 bits per heavy atom. The molecule has 3 N–H and O–H groups in total. The van der Waals surface area contributed by atoms with Gasteiger partial charge in [-0.15, -0.1) is 22.7 Å². The van der Waals surface area contributed by atoms with Crippen molar-refractivity contribution in [2.45, 2.75) is 37.4 Å². The van der Waals surface area contributed by atoms with E-state index in [4.69, 9.17) is 0 Å². The highest BCUT2D eigenvalue weighted by Gasteiger charge is 2.13. The number of thiazole rings is 1. The van der Waals surface area contributed by atoms with Crippen LogP contribution >= 0.6 is 22.7 Å². The predicted octanol–water partition coefficient (Wildman–Crippen LogP) is 2.36. The highest BCUT2D eigenvalue weighted by Crippen LogP contribution is 2.18. The average Bonchev–Trinajstić information content (AvgIpc) is 3.28. The Morgan fingerprint density at radius 1 is 1.27 bits per heavy atom. The third-order valence-corrected chi connectivity index (χ3v) is 7.06. The summed E-state index contributed by atoms with van der Waals surface area (Å²) >= 11 is 2.80. The molecule has 10 heteroatoms. The lowest BCUT2D eigenvalue weighted by Gasteiger charge is -2.11. The van der Waals surface area contributed by atoms with E-state index in [1.165, 1.54) is 11.3 Å². The van der Waals surface area contributed by atoms with Gasteiger partial charge in [0.15, 0.2) is 5.96 Å². The lowest BCUT2D eigenvalue weighted by atomic mass is 10.2. The Kier molecular flexibility index (Phi) is 8.01. The molecule has 0 aliphatic carbocycles. The number of sulfonamides is 1. The Morgan fingerprint density at radius 2 is 2.08 bits per heavy atom. The monoisotopic (exact) mass is 415 g/mol. The summed E-state index contributed by atoms with van der Waals surface area (Å²) in [6.07, 6.45) is 0. The van der Waals surface area contributed by atoms with Gasteiger partial charge in [-0.05, 0) is 24.3 Å². The van der Waals surface area contributed by atoms with Gasteiger partial charge in [-0.3, -0.25) is 0 Å². The molecule has 0 saturated heterocycles. The van der Waals surface area contributed by atoms with Gasteiger partial charge in [0.1, 0.15) is 9.22 Å². The molecule has 2 rings (SSSR count). The maximum Gasteiger partial charge on any atom is 0.250 e. The van der Waals surface area contributed by atoms with Crippen molar-refractivity contribution in [1.29, 1.82) is 0 Å². The van der Waals surface area contributed by atoms with Crippen LogP contribution in [0.2, 0.25) is 0 Å². The van der Waals surface area contributed by atoms with Crippen LogP contribution in [0.1, 0.15) is 37.4 Å². The first-order chi connectivity index (χ1) is 12.4. The molecule has 0 aliphatic heterocycles. The smallest absolute Gasteiger partial charge is 0.250 e. The van der Waals surface area contributed by atoms with Crippen LogP contribution in [0.25, 0.3) is 0 Å². The van der Waals surface area contributed by atoms with E-state index in [1.807, 2.05) is 6.92 Å². The third-order valence-electron chi connectivity index (χ3n) is 3.35. The summed E-state index contributed by atoms with van der Waals surface area (Å²) < 4.78 is 27.0. The first-order valence-electron chi connectivity index (χ1n) is 8.42. The molecule has 0 amide bonds. The maximum absolute atomic E-state index is 12.1. The summed E-state index contributed by atoms with van der Waals surface area (Å²) in [5.74, 6) is 1.05. The number of hydrogen-bond donors (Lipinski definition) is 3. The maximum atomic E-state index is 12.1. The quantitative estimate of drug-likeness (QED) is 0.332. The largest absolute Gasteiger partial charge is 0.357 e. The zero-order valence-corrected chi connectivity index (χ0v) is 17.6. The first-order valence-corrected chi connectivity index (χ1v) is 11.7. The zero-order valence-electron chi connectivity index (χ0n) is 15.2. The van der Waals surface area contributed by atoms with E-state index in [-0.39, 0.29) is 6.54 Å². The van der Waals surface area contributed by atoms with E-state index in [2.05, 4.69) is 44.6 Å². The SMILES string of the molecule is CCNC(=NCc1nc(C(C)C)cs1)NCCNS(=O)(=O)c1cccs1. The molecule has 0 atom stereocenters. The van der Waals surface area contributed by atoms with Crippen molar-refractivity contribution < 1.29 is 8.42 Å². The molecule has 2 heterocycles. The molecule has 2 aromatic heterocycles. The summed E-state index contributed by atoms with van der Waals surface area (Å²) in [7, 11) is -3.43. The van der Waals surface area contributed by atoms with Crippen molar-refractivity contribution in [3.63, 3.8) is 0 Å². The number of aromatic nitrogens is 1. The number of rotatable bonds is 9. The molecule has 26 heavy (non-hydrogen) atoms. The van der Waals surface area contributed by atoms with Gasteiger partial charge in [0.2, 0.25) is 10.0 Å². The molecular weight excluding hydrogens is 390 g/mol. The molecule has 0 unspecified atom stereocenters. The number of thiophene rings is 1. The zero-order chi connectivity index (χ0) is 19.0. The van der Waals surface area contributed by atoms with Crippen LogP contribution < -0.4 is 15.4 Å². The number of guanidine groups is 1. The molecule has 144 valence electrons. The molecule has 0 bridgehead atoms. The Hall–Kier alpha value is -1.49.